The van der Waals surface area contributed by atoms with E-state index in [-0.39, 0.29) is 12.4 Å². The summed E-state index contributed by atoms with van der Waals surface area (Å²) in [6, 6.07) is 4.40. The van der Waals surface area contributed by atoms with Gasteiger partial charge in [0.2, 0.25) is 0 Å². The third-order valence-electron chi connectivity index (χ3n) is 3.86. The molecule has 2 nitrogen and oxygen atoms in total. The van der Waals surface area contributed by atoms with Crippen LogP contribution in [-0.4, -0.2) is 31.1 Å². The molecule has 1 aromatic rings. The minimum Gasteiger partial charge on any atom is -0.316 e. The molecule has 1 N–H and O–H groups in total. The first-order chi connectivity index (χ1) is 7.76. The first-order valence-electron chi connectivity index (χ1n) is 5.93. The lowest BCUT2D eigenvalue weighted by Gasteiger charge is -2.22. The fourth-order valence-corrected chi connectivity index (χ4v) is 4.49. The van der Waals surface area contributed by atoms with Crippen LogP contribution in [0.15, 0.2) is 15.9 Å². The van der Waals surface area contributed by atoms with Crippen molar-refractivity contribution in [1.29, 1.82) is 0 Å². The van der Waals surface area contributed by atoms with E-state index in [2.05, 4.69) is 38.3 Å². The minimum atomic E-state index is 0. The summed E-state index contributed by atoms with van der Waals surface area (Å²) in [5, 5.41) is 3.51. The van der Waals surface area contributed by atoms with Crippen LogP contribution in [-0.2, 0) is 6.54 Å². The summed E-state index contributed by atoms with van der Waals surface area (Å²) in [6.45, 7) is 6.15. The highest BCUT2D eigenvalue weighted by molar-refractivity contribution is 9.11. The van der Waals surface area contributed by atoms with Gasteiger partial charge in [0.15, 0.2) is 0 Å². The fraction of sp³-hybridized carbons (Fsp3) is 0.667. The average molecular weight is 338 g/mol. The van der Waals surface area contributed by atoms with Gasteiger partial charge in [-0.3, -0.25) is 4.90 Å². The van der Waals surface area contributed by atoms with Gasteiger partial charge in [-0.2, -0.15) is 0 Å². The topological polar surface area (TPSA) is 15.3 Å². The molecule has 0 saturated carbocycles. The van der Waals surface area contributed by atoms with E-state index in [0.717, 1.165) is 6.54 Å². The summed E-state index contributed by atoms with van der Waals surface area (Å²) < 4.78 is 1.25. The van der Waals surface area contributed by atoms with E-state index in [1.807, 2.05) is 11.3 Å². The van der Waals surface area contributed by atoms with Crippen LogP contribution in [0.2, 0.25) is 0 Å². The van der Waals surface area contributed by atoms with E-state index in [4.69, 9.17) is 0 Å². The number of hydrogen-bond acceptors (Lipinski definition) is 3. The Hall–Kier alpha value is 0.390. The smallest absolute Gasteiger partial charge is 0.0701 e. The van der Waals surface area contributed by atoms with Crippen molar-refractivity contribution in [3.63, 3.8) is 0 Å². The average Bonchev–Trinajstić information content (AvgIpc) is 2.94. The zero-order valence-corrected chi connectivity index (χ0v) is 13.0. The van der Waals surface area contributed by atoms with Crippen molar-refractivity contribution in [2.24, 2.45) is 5.41 Å². The zero-order valence-electron chi connectivity index (χ0n) is 9.75. The van der Waals surface area contributed by atoms with Gasteiger partial charge in [-0.25, -0.2) is 0 Å². The molecule has 1 unspecified atom stereocenters. The molecule has 0 radical (unpaired) electrons. The molecular formula is C12H18BrClN2S. The molecule has 17 heavy (non-hydrogen) atoms. The number of likely N-dealkylation sites (tertiary alicyclic amines) is 1. The monoisotopic (exact) mass is 336 g/mol. The van der Waals surface area contributed by atoms with Gasteiger partial charge in [0.25, 0.3) is 0 Å². The third-order valence-corrected chi connectivity index (χ3v) is 5.47. The number of halogens is 2. The maximum absolute atomic E-state index is 3.53. The number of hydrogen-bond donors (Lipinski definition) is 1. The van der Waals surface area contributed by atoms with Crippen LogP contribution in [0.1, 0.15) is 17.7 Å². The van der Waals surface area contributed by atoms with Gasteiger partial charge < -0.3 is 5.32 Å². The molecule has 2 fully saturated rings. The van der Waals surface area contributed by atoms with Crippen molar-refractivity contribution in [3.8, 4) is 0 Å². The minimum absolute atomic E-state index is 0. The Bertz CT molecular complexity index is 376. The lowest BCUT2D eigenvalue weighted by molar-refractivity contribution is 0.270. The van der Waals surface area contributed by atoms with E-state index in [0.29, 0.717) is 5.41 Å². The molecule has 0 amide bonds. The Morgan fingerprint density at radius 1 is 1.41 bits per heavy atom. The van der Waals surface area contributed by atoms with Gasteiger partial charge in [0.1, 0.15) is 0 Å². The molecule has 5 heteroatoms. The van der Waals surface area contributed by atoms with Crippen LogP contribution >= 0.6 is 39.7 Å². The number of nitrogens with zero attached hydrogens (tertiary/aromatic N) is 1. The number of rotatable bonds is 2. The van der Waals surface area contributed by atoms with Crippen molar-refractivity contribution in [2.75, 3.05) is 26.2 Å². The molecule has 3 heterocycles. The van der Waals surface area contributed by atoms with Gasteiger partial charge >= 0.3 is 0 Å². The molecule has 3 rings (SSSR count). The predicted molar refractivity (Wildman–Crippen MR) is 79.1 cm³/mol. The predicted octanol–water partition coefficient (Wildman–Crippen LogP) is 3.12. The quantitative estimate of drug-likeness (QED) is 0.892. The molecular weight excluding hydrogens is 320 g/mol. The van der Waals surface area contributed by atoms with Crippen molar-refractivity contribution < 1.29 is 0 Å². The van der Waals surface area contributed by atoms with Crippen LogP contribution in [0.5, 0.6) is 0 Å². The molecule has 2 aliphatic heterocycles. The van der Waals surface area contributed by atoms with E-state index < -0.39 is 0 Å². The van der Waals surface area contributed by atoms with Crippen LogP contribution in [0.25, 0.3) is 0 Å². The Morgan fingerprint density at radius 2 is 2.29 bits per heavy atom. The second kappa shape index (κ2) is 5.57. The van der Waals surface area contributed by atoms with Crippen molar-refractivity contribution >= 4 is 39.7 Å². The van der Waals surface area contributed by atoms with E-state index in [1.165, 1.54) is 47.7 Å². The van der Waals surface area contributed by atoms with Crippen molar-refractivity contribution in [1.82, 2.24) is 10.2 Å². The van der Waals surface area contributed by atoms with Crippen LogP contribution in [0.3, 0.4) is 0 Å². The maximum Gasteiger partial charge on any atom is 0.0701 e. The number of thiophene rings is 1. The molecule has 1 aromatic heterocycles. The maximum atomic E-state index is 3.53. The summed E-state index contributed by atoms with van der Waals surface area (Å²) in [7, 11) is 0. The molecule has 96 valence electrons. The van der Waals surface area contributed by atoms with Gasteiger partial charge in [0.05, 0.1) is 3.79 Å². The molecule has 1 spiro atoms. The van der Waals surface area contributed by atoms with Crippen molar-refractivity contribution in [2.45, 2.75) is 19.4 Å². The third kappa shape index (κ3) is 3.04. The van der Waals surface area contributed by atoms with Crippen LogP contribution in [0, 0.1) is 5.41 Å². The van der Waals surface area contributed by atoms with Gasteiger partial charge in [-0.05, 0) is 59.4 Å². The Morgan fingerprint density at radius 3 is 2.94 bits per heavy atom. The van der Waals surface area contributed by atoms with Gasteiger partial charge in [-0.15, -0.1) is 23.7 Å². The summed E-state index contributed by atoms with van der Waals surface area (Å²) in [4.78, 5) is 4.10. The SMILES string of the molecule is Brc1ccc(CN2CCC3(CCNC3)C2)s1.Cl. The molecule has 0 aromatic carbocycles. The molecule has 2 aliphatic rings. The van der Waals surface area contributed by atoms with Gasteiger partial charge in [0, 0.05) is 24.5 Å². The van der Waals surface area contributed by atoms with Crippen LogP contribution < -0.4 is 5.32 Å². The normalized spacial score (nSPS) is 28.8. The standard InChI is InChI=1S/C12H17BrN2S.ClH/c13-11-2-1-10(16-11)7-15-6-4-12(9-15)3-5-14-8-12;/h1-2,14H,3-9H2;1H. The molecule has 2 saturated heterocycles. The molecule has 1 atom stereocenters. The molecule has 0 aliphatic carbocycles. The Kier molecular flexibility index (Phi) is 4.53. The number of nitrogens with one attached hydrogen (secondary N) is 1. The lowest BCUT2D eigenvalue weighted by atomic mass is 9.87. The highest BCUT2D eigenvalue weighted by Gasteiger charge is 2.40. The first-order valence-corrected chi connectivity index (χ1v) is 7.54. The molecule has 0 bridgehead atoms. The van der Waals surface area contributed by atoms with Gasteiger partial charge in [-0.1, -0.05) is 0 Å². The Labute approximate surface area is 121 Å². The zero-order chi connectivity index (χ0) is 11.0. The highest BCUT2D eigenvalue weighted by Crippen LogP contribution is 2.37. The lowest BCUT2D eigenvalue weighted by Crippen LogP contribution is -2.28. The van der Waals surface area contributed by atoms with E-state index in [9.17, 15) is 0 Å². The second-order valence-corrected chi connectivity index (χ2v) is 7.64. The van der Waals surface area contributed by atoms with E-state index >= 15 is 0 Å². The van der Waals surface area contributed by atoms with E-state index in [1.54, 1.807) is 0 Å². The first kappa shape index (κ1) is 13.8. The largest absolute Gasteiger partial charge is 0.316 e. The summed E-state index contributed by atoms with van der Waals surface area (Å²) in [6.07, 6.45) is 2.75. The fourth-order valence-electron chi connectivity index (χ4n) is 2.96. The Balaban J connectivity index is 0.00000108. The van der Waals surface area contributed by atoms with Crippen molar-refractivity contribution in [3.05, 3.63) is 20.8 Å². The highest BCUT2D eigenvalue weighted by atomic mass is 79.9. The van der Waals surface area contributed by atoms with Crippen LogP contribution in [0.4, 0.5) is 0 Å². The summed E-state index contributed by atoms with van der Waals surface area (Å²) >= 11 is 5.40. The summed E-state index contributed by atoms with van der Waals surface area (Å²) in [5.74, 6) is 0. The second-order valence-electron chi connectivity index (χ2n) is 5.09. The summed E-state index contributed by atoms with van der Waals surface area (Å²) in [5.41, 5.74) is 0.606.